The van der Waals surface area contributed by atoms with Crippen molar-refractivity contribution in [3.63, 3.8) is 0 Å². The highest BCUT2D eigenvalue weighted by Crippen LogP contribution is 2.21. The van der Waals surface area contributed by atoms with Crippen molar-refractivity contribution < 1.29 is 9.53 Å². The fraction of sp³-hybridized carbons (Fsp3) is 0.235. The van der Waals surface area contributed by atoms with E-state index in [4.69, 9.17) is 4.74 Å². The molecule has 21 heavy (non-hydrogen) atoms. The number of anilines is 1. The second-order valence-corrected chi connectivity index (χ2v) is 5.92. The summed E-state index contributed by atoms with van der Waals surface area (Å²) < 4.78 is 6.54. The molecule has 0 aliphatic carbocycles. The highest BCUT2D eigenvalue weighted by Gasteiger charge is 2.06. The minimum Gasteiger partial charge on any atom is -0.484 e. The van der Waals surface area contributed by atoms with Crippen molar-refractivity contribution in [2.24, 2.45) is 0 Å². The summed E-state index contributed by atoms with van der Waals surface area (Å²) in [5.74, 6) is 0.524. The van der Waals surface area contributed by atoms with Gasteiger partial charge in [0.25, 0.3) is 5.91 Å². The van der Waals surface area contributed by atoms with E-state index in [9.17, 15) is 4.79 Å². The van der Waals surface area contributed by atoms with Gasteiger partial charge in [0.05, 0.1) is 0 Å². The number of benzene rings is 2. The van der Waals surface area contributed by atoms with E-state index in [2.05, 4.69) is 21.2 Å². The topological polar surface area (TPSA) is 38.3 Å². The first-order valence-corrected chi connectivity index (χ1v) is 7.51. The van der Waals surface area contributed by atoms with Gasteiger partial charge in [0.1, 0.15) is 5.75 Å². The number of carbonyl (C=O) groups is 1. The van der Waals surface area contributed by atoms with Crippen molar-refractivity contribution in [2.45, 2.75) is 20.8 Å². The molecule has 0 radical (unpaired) electrons. The van der Waals surface area contributed by atoms with Crippen LogP contribution >= 0.6 is 15.9 Å². The van der Waals surface area contributed by atoms with E-state index in [0.29, 0.717) is 5.75 Å². The van der Waals surface area contributed by atoms with E-state index >= 15 is 0 Å². The maximum atomic E-state index is 12.0. The van der Waals surface area contributed by atoms with E-state index < -0.39 is 0 Å². The van der Waals surface area contributed by atoms with Crippen molar-refractivity contribution in [2.75, 3.05) is 11.9 Å². The molecule has 0 bridgehead atoms. The quantitative estimate of drug-likeness (QED) is 0.890. The average molecular weight is 348 g/mol. The number of hydrogen-bond donors (Lipinski definition) is 1. The molecule has 0 spiro atoms. The lowest BCUT2D eigenvalue weighted by molar-refractivity contribution is -0.118. The van der Waals surface area contributed by atoms with E-state index in [-0.39, 0.29) is 12.5 Å². The molecule has 0 heterocycles. The maximum Gasteiger partial charge on any atom is 0.262 e. The highest BCUT2D eigenvalue weighted by molar-refractivity contribution is 9.10. The number of aryl methyl sites for hydroxylation is 3. The van der Waals surface area contributed by atoms with Crippen LogP contribution in [0.5, 0.6) is 5.75 Å². The van der Waals surface area contributed by atoms with Crippen LogP contribution in [-0.2, 0) is 4.79 Å². The van der Waals surface area contributed by atoms with Crippen LogP contribution in [0, 0.1) is 20.8 Å². The largest absolute Gasteiger partial charge is 0.484 e. The third-order valence-electron chi connectivity index (χ3n) is 3.17. The predicted octanol–water partition coefficient (Wildman–Crippen LogP) is 4.39. The summed E-state index contributed by atoms with van der Waals surface area (Å²) >= 11 is 3.43. The van der Waals surface area contributed by atoms with Crippen molar-refractivity contribution in [3.05, 3.63) is 57.6 Å². The van der Waals surface area contributed by atoms with Crippen LogP contribution < -0.4 is 10.1 Å². The molecule has 2 aromatic rings. The van der Waals surface area contributed by atoms with Crippen LogP contribution in [0.1, 0.15) is 16.7 Å². The van der Waals surface area contributed by atoms with Gasteiger partial charge < -0.3 is 10.1 Å². The number of hydrogen-bond acceptors (Lipinski definition) is 2. The Morgan fingerprint density at radius 2 is 1.86 bits per heavy atom. The Balaban J connectivity index is 1.95. The first-order valence-electron chi connectivity index (χ1n) is 6.72. The average Bonchev–Trinajstić information content (AvgIpc) is 2.44. The van der Waals surface area contributed by atoms with Crippen molar-refractivity contribution >= 4 is 27.5 Å². The minimum absolute atomic E-state index is 0.00550. The van der Waals surface area contributed by atoms with Gasteiger partial charge in [0.15, 0.2) is 6.61 Å². The van der Waals surface area contributed by atoms with Gasteiger partial charge in [-0.15, -0.1) is 0 Å². The predicted molar refractivity (Wildman–Crippen MR) is 88.9 cm³/mol. The Bertz CT molecular complexity index is 668. The number of halogens is 1. The fourth-order valence-corrected chi connectivity index (χ4v) is 2.16. The van der Waals surface area contributed by atoms with Crippen LogP contribution in [0.3, 0.4) is 0 Å². The maximum absolute atomic E-state index is 12.0. The Labute approximate surface area is 133 Å². The minimum atomic E-state index is -0.163. The van der Waals surface area contributed by atoms with Gasteiger partial charge in [-0.1, -0.05) is 28.1 Å². The van der Waals surface area contributed by atoms with Gasteiger partial charge in [-0.25, -0.2) is 0 Å². The molecule has 3 nitrogen and oxygen atoms in total. The number of ether oxygens (including phenoxy) is 1. The van der Waals surface area contributed by atoms with E-state index in [1.807, 2.05) is 57.2 Å². The molecule has 2 aromatic carbocycles. The van der Waals surface area contributed by atoms with Crippen molar-refractivity contribution in [1.82, 2.24) is 0 Å². The summed E-state index contributed by atoms with van der Waals surface area (Å²) in [7, 11) is 0. The Hall–Kier alpha value is -1.81. The molecule has 0 atom stereocenters. The molecule has 1 amide bonds. The second-order valence-electron chi connectivity index (χ2n) is 5.07. The van der Waals surface area contributed by atoms with E-state index in [0.717, 1.165) is 26.9 Å². The molecule has 0 saturated heterocycles. The number of nitrogens with one attached hydrogen (secondary N) is 1. The lowest BCUT2D eigenvalue weighted by Crippen LogP contribution is -2.20. The van der Waals surface area contributed by atoms with E-state index in [1.54, 1.807) is 0 Å². The van der Waals surface area contributed by atoms with Crippen molar-refractivity contribution in [3.8, 4) is 5.75 Å². The Kier molecular flexibility index (Phi) is 5.02. The van der Waals surface area contributed by atoms with Crippen LogP contribution in [0.15, 0.2) is 40.9 Å². The standard InChI is InChI=1S/C17H18BrNO2/c1-11-4-5-12(2)16(8-11)19-17(20)10-21-14-6-7-15(18)13(3)9-14/h4-9H,10H2,1-3H3,(H,19,20). The summed E-state index contributed by atoms with van der Waals surface area (Å²) in [6, 6.07) is 11.6. The second kappa shape index (κ2) is 6.76. The summed E-state index contributed by atoms with van der Waals surface area (Å²) in [5, 5.41) is 2.87. The summed E-state index contributed by atoms with van der Waals surface area (Å²) in [4.78, 5) is 12.0. The Morgan fingerprint density at radius 3 is 2.57 bits per heavy atom. The Morgan fingerprint density at radius 1 is 1.10 bits per heavy atom. The van der Waals surface area contributed by atoms with Gasteiger partial charge in [-0.3, -0.25) is 4.79 Å². The molecule has 2 rings (SSSR count). The summed E-state index contributed by atoms with van der Waals surface area (Å²) in [6.07, 6.45) is 0. The molecule has 0 aromatic heterocycles. The van der Waals surface area contributed by atoms with Crippen molar-refractivity contribution in [1.29, 1.82) is 0 Å². The lowest BCUT2D eigenvalue weighted by atomic mass is 10.1. The molecular weight excluding hydrogens is 330 g/mol. The molecule has 0 aliphatic heterocycles. The number of carbonyl (C=O) groups excluding carboxylic acids is 1. The van der Waals surface area contributed by atoms with Gasteiger partial charge in [0, 0.05) is 10.2 Å². The van der Waals surface area contributed by atoms with Crippen LogP contribution in [0.4, 0.5) is 5.69 Å². The van der Waals surface area contributed by atoms with E-state index in [1.165, 1.54) is 0 Å². The molecule has 4 heteroatoms. The van der Waals surface area contributed by atoms with Gasteiger partial charge >= 0.3 is 0 Å². The van der Waals surface area contributed by atoms with Gasteiger partial charge in [-0.2, -0.15) is 0 Å². The molecule has 1 N–H and O–H groups in total. The number of rotatable bonds is 4. The van der Waals surface area contributed by atoms with Crippen LogP contribution in [-0.4, -0.2) is 12.5 Å². The monoisotopic (exact) mass is 347 g/mol. The highest BCUT2D eigenvalue weighted by atomic mass is 79.9. The molecule has 110 valence electrons. The van der Waals surface area contributed by atoms with Gasteiger partial charge in [-0.05, 0) is 61.7 Å². The van der Waals surface area contributed by atoms with Crippen LogP contribution in [0.2, 0.25) is 0 Å². The lowest BCUT2D eigenvalue weighted by Gasteiger charge is -2.11. The zero-order chi connectivity index (χ0) is 15.4. The molecule has 0 aliphatic rings. The third-order valence-corrected chi connectivity index (χ3v) is 4.06. The van der Waals surface area contributed by atoms with Gasteiger partial charge in [0.2, 0.25) is 0 Å². The molecular formula is C17H18BrNO2. The fourth-order valence-electron chi connectivity index (χ4n) is 1.91. The van der Waals surface area contributed by atoms with Crippen LogP contribution in [0.25, 0.3) is 0 Å². The SMILES string of the molecule is Cc1ccc(C)c(NC(=O)COc2ccc(Br)c(C)c2)c1. The third kappa shape index (κ3) is 4.33. The first-order chi connectivity index (χ1) is 9.95. The molecule has 0 unspecified atom stereocenters. The first kappa shape index (κ1) is 15.6. The summed E-state index contributed by atoms with van der Waals surface area (Å²) in [6.45, 7) is 5.94. The zero-order valence-corrected chi connectivity index (χ0v) is 14.0. The smallest absolute Gasteiger partial charge is 0.262 e. The molecule has 0 saturated carbocycles. The normalized spacial score (nSPS) is 10.3. The number of amides is 1. The molecule has 0 fully saturated rings. The summed E-state index contributed by atoms with van der Waals surface area (Å²) in [5.41, 5.74) is 4.05. The zero-order valence-electron chi connectivity index (χ0n) is 12.4.